The second-order valence-corrected chi connectivity index (χ2v) is 4.96. The summed E-state index contributed by atoms with van der Waals surface area (Å²) in [6.45, 7) is 9.06. The van der Waals surface area contributed by atoms with Gasteiger partial charge in [0.2, 0.25) is 0 Å². The normalized spacial score (nSPS) is 25.9. The fourth-order valence-electron chi connectivity index (χ4n) is 2.31. The molecule has 0 aliphatic carbocycles. The predicted molar refractivity (Wildman–Crippen MR) is 66.1 cm³/mol. The number of nitrogens with two attached hydrogens (primary N) is 1. The van der Waals surface area contributed by atoms with Gasteiger partial charge >= 0.3 is 0 Å². The molecule has 82 valence electrons. The molecule has 2 unspecified atom stereocenters. The first-order valence-electron chi connectivity index (χ1n) is 5.68. The van der Waals surface area contributed by atoms with E-state index in [9.17, 15) is 0 Å². The highest BCUT2D eigenvalue weighted by Gasteiger charge is 2.26. The minimum absolute atomic E-state index is 0.784. The summed E-state index contributed by atoms with van der Waals surface area (Å²) in [5.41, 5.74) is 9.27. The van der Waals surface area contributed by atoms with Crippen LogP contribution in [0.4, 0.5) is 11.4 Å². The molecule has 1 aromatic rings. The van der Waals surface area contributed by atoms with Gasteiger partial charge in [0, 0.05) is 24.5 Å². The van der Waals surface area contributed by atoms with E-state index in [1.807, 2.05) is 6.07 Å². The summed E-state index contributed by atoms with van der Waals surface area (Å²) in [5, 5.41) is 0. The maximum Gasteiger partial charge on any atom is 0.0389 e. The number of hydrogen-bond donors (Lipinski definition) is 1. The fourth-order valence-corrected chi connectivity index (χ4v) is 2.31. The topological polar surface area (TPSA) is 29.3 Å². The van der Waals surface area contributed by atoms with E-state index < -0.39 is 0 Å². The SMILES string of the molecule is Cc1cc(N)cc(N2CC(C)C(C)C2)c1. The third-order valence-electron chi connectivity index (χ3n) is 3.44. The van der Waals surface area contributed by atoms with Gasteiger partial charge in [0.25, 0.3) is 0 Å². The molecule has 1 heterocycles. The van der Waals surface area contributed by atoms with Crippen molar-refractivity contribution in [3.05, 3.63) is 23.8 Å². The van der Waals surface area contributed by atoms with Crippen LogP contribution in [0.2, 0.25) is 0 Å². The Morgan fingerprint density at radius 3 is 2.27 bits per heavy atom. The van der Waals surface area contributed by atoms with Crippen molar-refractivity contribution >= 4 is 11.4 Å². The van der Waals surface area contributed by atoms with Gasteiger partial charge in [0.15, 0.2) is 0 Å². The molecular weight excluding hydrogens is 184 g/mol. The lowest BCUT2D eigenvalue weighted by atomic mass is 10.0. The number of rotatable bonds is 1. The van der Waals surface area contributed by atoms with Crippen LogP contribution in [0.1, 0.15) is 19.4 Å². The van der Waals surface area contributed by atoms with Crippen LogP contribution in [-0.4, -0.2) is 13.1 Å². The van der Waals surface area contributed by atoms with Crippen molar-refractivity contribution in [3.63, 3.8) is 0 Å². The smallest absolute Gasteiger partial charge is 0.0389 e. The largest absolute Gasteiger partial charge is 0.399 e. The number of nitrogens with zero attached hydrogens (tertiary/aromatic N) is 1. The molecule has 0 radical (unpaired) electrons. The number of benzene rings is 1. The van der Waals surface area contributed by atoms with Gasteiger partial charge < -0.3 is 10.6 Å². The number of anilines is 2. The minimum atomic E-state index is 0.784. The Bertz CT molecular complexity index is 329. The van der Waals surface area contributed by atoms with Crippen molar-refractivity contribution in [1.82, 2.24) is 0 Å². The molecule has 0 amide bonds. The molecule has 2 N–H and O–H groups in total. The lowest BCUT2D eigenvalue weighted by Crippen LogP contribution is -2.19. The van der Waals surface area contributed by atoms with E-state index in [4.69, 9.17) is 5.73 Å². The van der Waals surface area contributed by atoms with Gasteiger partial charge in [-0.25, -0.2) is 0 Å². The van der Waals surface area contributed by atoms with Gasteiger partial charge in [-0.05, 0) is 42.5 Å². The van der Waals surface area contributed by atoms with Gasteiger partial charge in [0.05, 0.1) is 0 Å². The molecule has 1 aromatic carbocycles. The van der Waals surface area contributed by atoms with Gasteiger partial charge in [-0.1, -0.05) is 13.8 Å². The zero-order chi connectivity index (χ0) is 11.0. The van der Waals surface area contributed by atoms with Crippen molar-refractivity contribution in [1.29, 1.82) is 0 Å². The lowest BCUT2D eigenvalue weighted by Gasteiger charge is -2.19. The summed E-state index contributed by atoms with van der Waals surface area (Å²) >= 11 is 0. The summed E-state index contributed by atoms with van der Waals surface area (Å²) in [5.74, 6) is 1.57. The number of hydrogen-bond acceptors (Lipinski definition) is 2. The summed E-state index contributed by atoms with van der Waals surface area (Å²) in [7, 11) is 0. The third kappa shape index (κ3) is 2.09. The Labute approximate surface area is 92.1 Å². The molecule has 0 bridgehead atoms. The first kappa shape index (κ1) is 10.3. The second-order valence-electron chi connectivity index (χ2n) is 4.96. The van der Waals surface area contributed by atoms with Crippen molar-refractivity contribution in [2.75, 3.05) is 23.7 Å². The van der Waals surface area contributed by atoms with E-state index in [-0.39, 0.29) is 0 Å². The summed E-state index contributed by atoms with van der Waals surface area (Å²) in [6.07, 6.45) is 0. The van der Waals surface area contributed by atoms with Crippen molar-refractivity contribution < 1.29 is 0 Å². The summed E-state index contributed by atoms with van der Waals surface area (Å²) in [4.78, 5) is 2.44. The first-order chi connectivity index (χ1) is 7.06. The standard InChI is InChI=1S/C13H20N2/c1-9-4-12(14)6-13(5-9)15-7-10(2)11(3)8-15/h4-6,10-11H,7-8,14H2,1-3H3. The molecule has 15 heavy (non-hydrogen) atoms. The van der Waals surface area contributed by atoms with Crippen molar-refractivity contribution in [3.8, 4) is 0 Å². The van der Waals surface area contributed by atoms with E-state index in [2.05, 4.69) is 37.8 Å². The molecule has 1 aliphatic rings. The average Bonchev–Trinajstić information content (AvgIpc) is 2.45. The van der Waals surface area contributed by atoms with E-state index in [0.717, 1.165) is 30.6 Å². The van der Waals surface area contributed by atoms with E-state index in [0.29, 0.717) is 0 Å². The van der Waals surface area contributed by atoms with Crippen LogP contribution in [0.25, 0.3) is 0 Å². The van der Waals surface area contributed by atoms with Crippen LogP contribution in [0.3, 0.4) is 0 Å². The van der Waals surface area contributed by atoms with Crippen LogP contribution in [0.5, 0.6) is 0 Å². The van der Waals surface area contributed by atoms with Gasteiger partial charge in [-0.3, -0.25) is 0 Å². The zero-order valence-corrected chi connectivity index (χ0v) is 9.83. The number of nitrogen functional groups attached to an aromatic ring is 1. The molecule has 1 fully saturated rings. The van der Waals surface area contributed by atoms with Gasteiger partial charge in [-0.2, -0.15) is 0 Å². The highest BCUT2D eigenvalue weighted by atomic mass is 15.2. The van der Waals surface area contributed by atoms with E-state index >= 15 is 0 Å². The quantitative estimate of drug-likeness (QED) is 0.713. The molecule has 1 saturated heterocycles. The van der Waals surface area contributed by atoms with Gasteiger partial charge in [-0.15, -0.1) is 0 Å². The Morgan fingerprint density at radius 1 is 1.13 bits per heavy atom. The van der Waals surface area contributed by atoms with Crippen molar-refractivity contribution in [2.45, 2.75) is 20.8 Å². The monoisotopic (exact) mass is 204 g/mol. The molecular formula is C13H20N2. The van der Waals surface area contributed by atoms with Crippen LogP contribution in [0, 0.1) is 18.8 Å². The lowest BCUT2D eigenvalue weighted by molar-refractivity contribution is 0.494. The molecule has 1 aliphatic heterocycles. The highest BCUT2D eigenvalue weighted by molar-refractivity contribution is 5.58. The molecule has 0 spiro atoms. The van der Waals surface area contributed by atoms with Crippen LogP contribution >= 0.6 is 0 Å². The molecule has 0 aromatic heterocycles. The Kier molecular flexibility index (Phi) is 2.59. The fraction of sp³-hybridized carbons (Fsp3) is 0.538. The van der Waals surface area contributed by atoms with Crippen LogP contribution < -0.4 is 10.6 Å². The molecule has 2 nitrogen and oxygen atoms in total. The predicted octanol–water partition coefficient (Wildman–Crippen LogP) is 2.67. The van der Waals surface area contributed by atoms with E-state index in [1.54, 1.807) is 0 Å². The number of aryl methyl sites for hydroxylation is 1. The summed E-state index contributed by atoms with van der Waals surface area (Å²) in [6, 6.07) is 6.32. The highest BCUT2D eigenvalue weighted by Crippen LogP contribution is 2.29. The molecule has 0 saturated carbocycles. The minimum Gasteiger partial charge on any atom is -0.399 e. The molecule has 2 atom stereocenters. The third-order valence-corrected chi connectivity index (χ3v) is 3.44. The maximum absolute atomic E-state index is 5.87. The van der Waals surface area contributed by atoms with Crippen LogP contribution in [-0.2, 0) is 0 Å². The Morgan fingerprint density at radius 2 is 1.73 bits per heavy atom. The molecule has 2 heteroatoms. The Hall–Kier alpha value is -1.18. The Balaban J connectivity index is 2.23. The van der Waals surface area contributed by atoms with Crippen molar-refractivity contribution in [2.24, 2.45) is 11.8 Å². The second kappa shape index (κ2) is 3.76. The zero-order valence-electron chi connectivity index (χ0n) is 9.83. The maximum atomic E-state index is 5.87. The van der Waals surface area contributed by atoms with E-state index in [1.165, 1.54) is 11.3 Å². The molecule has 2 rings (SSSR count). The van der Waals surface area contributed by atoms with Gasteiger partial charge in [0.1, 0.15) is 0 Å². The average molecular weight is 204 g/mol. The summed E-state index contributed by atoms with van der Waals surface area (Å²) < 4.78 is 0. The van der Waals surface area contributed by atoms with Crippen LogP contribution in [0.15, 0.2) is 18.2 Å². The first-order valence-corrected chi connectivity index (χ1v) is 5.68.